The van der Waals surface area contributed by atoms with Crippen molar-refractivity contribution in [3.05, 3.63) is 10.6 Å². The van der Waals surface area contributed by atoms with Crippen LogP contribution in [0.5, 0.6) is 0 Å². The maximum atomic E-state index is 6.08. The Bertz CT molecular complexity index is 627. The van der Waals surface area contributed by atoms with Crippen molar-refractivity contribution in [3.63, 3.8) is 0 Å². The summed E-state index contributed by atoms with van der Waals surface area (Å²) in [5, 5.41) is 0.0988. The number of anilines is 1. The number of aromatic nitrogens is 3. The second kappa shape index (κ2) is 17.9. The highest BCUT2D eigenvalue weighted by molar-refractivity contribution is 6.61. The lowest BCUT2D eigenvalue weighted by atomic mass is 10.3. The quantitative estimate of drug-likeness (QED) is 0.190. The third kappa shape index (κ3) is 11.7. The minimum Gasteiger partial charge on any atom is -0.374 e. The van der Waals surface area contributed by atoms with Gasteiger partial charge < -0.3 is 31.5 Å². The summed E-state index contributed by atoms with van der Waals surface area (Å²) in [7, 11) is -5.53. The third-order valence-corrected chi connectivity index (χ3v) is 11.5. The minimum atomic E-state index is -2.76. The molecule has 0 radical (unpaired) electrons. The molecule has 0 spiro atoms. The van der Waals surface area contributed by atoms with Crippen LogP contribution in [0, 0.1) is 0 Å². The molecule has 0 atom stereocenters. The molecule has 0 saturated carbocycles. The second-order valence-electron chi connectivity index (χ2n) is 7.33. The molecule has 0 unspecified atom stereocenters. The van der Waals surface area contributed by atoms with Gasteiger partial charge in [-0.1, -0.05) is 0 Å². The zero-order valence-corrected chi connectivity index (χ0v) is 25.5. The molecule has 204 valence electrons. The van der Waals surface area contributed by atoms with Crippen molar-refractivity contribution in [1.29, 1.82) is 0 Å². The van der Waals surface area contributed by atoms with Gasteiger partial charge in [-0.3, -0.25) is 0 Å². The molecule has 1 rings (SSSR count). The first-order valence-electron chi connectivity index (χ1n) is 12.5. The fraction of sp³-hybridized carbons (Fsp3) is 0.857. The first-order valence-corrected chi connectivity index (χ1v) is 17.1. The predicted octanol–water partition coefficient (Wildman–Crippen LogP) is 4.86. The van der Waals surface area contributed by atoms with Gasteiger partial charge >= 0.3 is 17.6 Å². The molecule has 0 saturated heterocycles. The van der Waals surface area contributed by atoms with Crippen LogP contribution in [0.4, 0.5) is 5.95 Å². The van der Waals surface area contributed by atoms with E-state index in [0.29, 0.717) is 70.8 Å². The highest BCUT2D eigenvalue weighted by atomic mass is 35.5. The molecule has 1 aromatic heterocycles. The van der Waals surface area contributed by atoms with Crippen molar-refractivity contribution in [3.8, 4) is 0 Å². The normalized spacial score (nSPS) is 12.3. The van der Waals surface area contributed by atoms with Gasteiger partial charge in [0, 0.05) is 64.8 Å². The molecular formula is C21H42Cl2N4O6Si2. The molecule has 0 aliphatic rings. The smallest absolute Gasteiger partial charge is 0.374 e. The monoisotopic (exact) mass is 572 g/mol. The van der Waals surface area contributed by atoms with E-state index in [1.807, 2.05) is 46.4 Å². The third-order valence-electron chi connectivity index (χ3n) is 4.86. The van der Waals surface area contributed by atoms with Crippen LogP contribution < -0.4 is 4.90 Å². The van der Waals surface area contributed by atoms with Crippen molar-refractivity contribution in [1.82, 2.24) is 15.0 Å². The summed E-state index contributed by atoms with van der Waals surface area (Å²) in [5.74, 6) is 0.419. The van der Waals surface area contributed by atoms with E-state index in [0.717, 1.165) is 12.8 Å². The van der Waals surface area contributed by atoms with Crippen LogP contribution in [0.15, 0.2) is 0 Å². The first-order chi connectivity index (χ1) is 16.8. The van der Waals surface area contributed by atoms with Crippen LogP contribution in [0.25, 0.3) is 0 Å². The number of hydrogen-bond acceptors (Lipinski definition) is 10. The van der Waals surface area contributed by atoms with E-state index < -0.39 is 17.6 Å². The van der Waals surface area contributed by atoms with E-state index >= 15 is 0 Å². The van der Waals surface area contributed by atoms with Crippen molar-refractivity contribution in [2.75, 3.05) is 57.6 Å². The van der Waals surface area contributed by atoms with Gasteiger partial charge in [-0.2, -0.15) is 15.0 Å². The summed E-state index contributed by atoms with van der Waals surface area (Å²) in [6, 6.07) is 1.34. The average Bonchev–Trinajstić information content (AvgIpc) is 2.78. The standard InChI is InChI=1S/C21H42Cl2N4O6Si2/c1-7-28-34(29-8-2,30-9-3)17-13-15-27(21-25-19(22)24-20(23)26-21)16-14-18-35(31-10-4,32-11-5)33-12-6/h7-18H2,1-6H3. The Morgan fingerprint density at radius 2 is 0.886 bits per heavy atom. The van der Waals surface area contributed by atoms with Gasteiger partial charge in [0.2, 0.25) is 16.5 Å². The number of nitrogens with zero attached hydrogens (tertiary/aromatic N) is 4. The maximum absolute atomic E-state index is 6.08. The highest BCUT2D eigenvalue weighted by Crippen LogP contribution is 2.23. The van der Waals surface area contributed by atoms with Crippen molar-refractivity contribution >= 4 is 46.8 Å². The SMILES string of the molecule is CCO[Si](CCCN(CCC[Si](OCC)(OCC)OCC)c1nc(Cl)nc(Cl)n1)(OCC)OCC. The van der Waals surface area contributed by atoms with Crippen LogP contribution in [0.2, 0.25) is 22.7 Å². The summed E-state index contributed by atoms with van der Waals surface area (Å²) < 4.78 is 35.9. The summed E-state index contributed by atoms with van der Waals surface area (Å²) in [4.78, 5) is 14.5. The van der Waals surface area contributed by atoms with E-state index in [-0.39, 0.29) is 10.6 Å². The fourth-order valence-corrected chi connectivity index (χ4v) is 9.29. The lowest BCUT2D eigenvalue weighted by Crippen LogP contribution is -2.47. The van der Waals surface area contributed by atoms with Crippen LogP contribution in [-0.2, 0) is 26.6 Å². The van der Waals surface area contributed by atoms with E-state index in [1.54, 1.807) is 0 Å². The van der Waals surface area contributed by atoms with E-state index in [1.165, 1.54) is 0 Å². The van der Waals surface area contributed by atoms with Gasteiger partial charge in [-0.25, -0.2) is 0 Å². The predicted molar refractivity (Wildman–Crippen MR) is 142 cm³/mol. The Hall–Kier alpha value is -0.416. The second-order valence-corrected chi connectivity index (χ2v) is 13.5. The molecule has 1 aromatic rings. The molecule has 0 aliphatic heterocycles. The molecular weight excluding hydrogens is 531 g/mol. The average molecular weight is 574 g/mol. The summed E-state index contributed by atoms with van der Waals surface area (Å²) in [6.07, 6.45) is 1.50. The largest absolute Gasteiger partial charge is 0.500 e. The number of halogens is 2. The summed E-state index contributed by atoms with van der Waals surface area (Å²) in [6.45, 7) is 16.2. The fourth-order valence-electron chi connectivity index (χ4n) is 3.74. The molecule has 0 N–H and O–H groups in total. The van der Waals surface area contributed by atoms with E-state index in [9.17, 15) is 0 Å². The Labute approximate surface area is 222 Å². The van der Waals surface area contributed by atoms with Gasteiger partial charge in [-0.05, 0) is 77.6 Å². The Morgan fingerprint density at radius 3 is 1.17 bits per heavy atom. The van der Waals surface area contributed by atoms with Crippen molar-refractivity contribution in [2.45, 2.75) is 66.5 Å². The van der Waals surface area contributed by atoms with E-state index in [2.05, 4.69) is 15.0 Å². The lowest BCUT2D eigenvalue weighted by Gasteiger charge is -2.31. The molecule has 1 heterocycles. The number of hydrogen-bond donors (Lipinski definition) is 0. The molecule has 0 fully saturated rings. The molecule has 0 aliphatic carbocycles. The van der Waals surface area contributed by atoms with Crippen LogP contribution >= 0.6 is 23.2 Å². The van der Waals surface area contributed by atoms with Gasteiger partial charge in [0.1, 0.15) is 0 Å². The highest BCUT2D eigenvalue weighted by Gasteiger charge is 2.41. The Kier molecular flexibility index (Phi) is 16.7. The maximum Gasteiger partial charge on any atom is 0.500 e. The molecule has 14 heteroatoms. The number of rotatable bonds is 21. The van der Waals surface area contributed by atoms with E-state index in [4.69, 9.17) is 49.8 Å². The van der Waals surface area contributed by atoms with Gasteiger partial charge in [-0.15, -0.1) is 0 Å². The van der Waals surface area contributed by atoms with Gasteiger partial charge in [0.15, 0.2) is 0 Å². The lowest BCUT2D eigenvalue weighted by molar-refractivity contribution is 0.0705. The molecule has 35 heavy (non-hydrogen) atoms. The topological polar surface area (TPSA) is 97.3 Å². The first kappa shape index (κ1) is 32.6. The summed E-state index contributed by atoms with van der Waals surface area (Å²) in [5.41, 5.74) is 0. The van der Waals surface area contributed by atoms with Gasteiger partial charge in [0.25, 0.3) is 0 Å². The van der Waals surface area contributed by atoms with Crippen molar-refractivity contribution in [2.24, 2.45) is 0 Å². The molecule has 0 bridgehead atoms. The summed E-state index contributed by atoms with van der Waals surface area (Å²) >= 11 is 12.2. The zero-order valence-electron chi connectivity index (χ0n) is 22.0. The van der Waals surface area contributed by atoms with Crippen LogP contribution in [0.3, 0.4) is 0 Å². The van der Waals surface area contributed by atoms with Crippen LogP contribution in [0.1, 0.15) is 54.4 Å². The van der Waals surface area contributed by atoms with Crippen LogP contribution in [-0.4, -0.2) is 85.3 Å². The Balaban J connectivity index is 2.99. The van der Waals surface area contributed by atoms with Crippen molar-refractivity contribution < 1.29 is 26.6 Å². The molecule has 0 amide bonds. The molecule has 10 nitrogen and oxygen atoms in total. The van der Waals surface area contributed by atoms with Gasteiger partial charge in [0.05, 0.1) is 0 Å². The molecule has 0 aromatic carbocycles. The minimum absolute atomic E-state index is 0.0494. The Morgan fingerprint density at radius 1 is 0.571 bits per heavy atom. The zero-order chi connectivity index (χ0) is 26.2.